The molecule has 3 aromatic heterocycles. The molecular formula is C18H19N7OS. The van der Waals surface area contributed by atoms with E-state index in [2.05, 4.69) is 46.6 Å². The van der Waals surface area contributed by atoms with Gasteiger partial charge in [0.15, 0.2) is 5.65 Å². The molecule has 3 heterocycles. The molecule has 0 bridgehead atoms. The lowest BCUT2D eigenvalue weighted by atomic mass is 10.0. The molecule has 0 radical (unpaired) electrons. The fourth-order valence-corrected chi connectivity index (χ4v) is 3.57. The van der Waals surface area contributed by atoms with Crippen molar-refractivity contribution >= 4 is 17.4 Å². The van der Waals surface area contributed by atoms with E-state index < -0.39 is 0 Å². The highest BCUT2D eigenvalue weighted by atomic mass is 32.2. The van der Waals surface area contributed by atoms with Gasteiger partial charge in [-0.1, -0.05) is 43.8 Å². The van der Waals surface area contributed by atoms with Crippen LogP contribution in [0.1, 0.15) is 25.3 Å². The third-order valence-electron chi connectivity index (χ3n) is 4.27. The van der Waals surface area contributed by atoms with Gasteiger partial charge in [-0.2, -0.15) is 4.68 Å². The van der Waals surface area contributed by atoms with Crippen LogP contribution in [-0.2, 0) is 6.54 Å². The Balaban J connectivity index is 1.47. The molecule has 0 N–H and O–H groups in total. The van der Waals surface area contributed by atoms with E-state index in [0.717, 1.165) is 5.69 Å². The van der Waals surface area contributed by atoms with E-state index in [1.807, 2.05) is 30.3 Å². The van der Waals surface area contributed by atoms with E-state index in [4.69, 9.17) is 0 Å². The first kappa shape index (κ1) is 17.5. The molecule has 0 unspecified atom stereocenters. The molecule has 0 saturated carbocycles. The number of thioether (sulfide) groups is 1. The maximum atomic E-state index is 12.3. The highest BCUT2D eigenvalue weighted by Crippen LogP contribution is 2.20. The van der Waals surface area contributed by atoms with Crippen molar-refractivity contribution in [1.82, 2.24) is 34.4 Å². The van der Waals surface area contributed by atoms with Crippen LogP contribution in [0.4, 0.5) is 0 Å². The van der Waals surface area contributed by atoms with Crippen molar-refractivity contribution in [1.29, 1.82) is 0 Å². The molecule has 9 heteroatoms. The zero-order valence-electron chi connectivity index (χ0n) is 15.1. The van der Waals surface area contributed by atoms with Crippen molar-refractivity contribution in [2.75, 3.05) is 5.75 Å². The Kier molecular flexibility index (Phi) is 4.76. The Morgan fingerprint density at radius 1 is 1.11 bits per heavy atom. The van der Waals surface area contributed by atoms with Crippen molar-refractivity contribution < 1.29 is 0 Å². The maximum absolute atomic E-state index is 12.3. The molecule has 0 atom stereocenters. The van der Waals surface area contributed by atoms with Gasteiger partial charge in [0, 0.05) is 11.9 Å². The van der Waals surface area contributed by atoms with Gasteiger partial charge in [-0.15, -0.1) is 10.2 Å². The van der Waals surface area contributed by atoms with Crippen molar-refractivity contribution in [2.24, 2.45) is 0 Å². The summed E-state index contributed by atoms with van der Waals surface area (Å²) in [5.74, 6) is 1.11. The number of pyridine rings is 1. The van der Waals surface area contributed by atoms with Crippen LogP contribution in [0.25, 0.3) is 11.3 Å². The van der Waals surface area contributed by atoms with Crippen molar-refractivity contribution in [3.8, 4) is 5.69 Å². The number of hydrogen-bond acceptors (Lipinski definition) is 6. The average molecular weight is 381 g/mol. The molecule has 1 aromatic carbocycles. The summed E-state index contributed by atoms with van der Waals surface area (Å²) in [5.41, 5.74) is 2.68. The van der Waals surface area contributed by atoms with Crippen LogP contribution < -0.4 is 5.69 Å². The van der Waals surface area contributed by atoms with Crippen LogP contribution in [0.5, 0.6) is 0 Å². The van der Waals surface area contributed by atoms with Crippen molar-refractivity contribution in [2.45, 2.75) is 31.5 Å². The lowest BCUT2D eigenvalue weighted by Crippen LogP contribution is -2.22. The summed E-state index contributed by atoms with van der Waals surface area (Å²) in [4.78, 5) is 12.3. The largest absolute Gasteiger partial charge is 0.350 e. The van der Waals surface area contributed by atoms with Crippen LogP contribution >= 0.6 is 11.8 Å². The standard InChI is InChI=1S/C18H19N7OS/c1-13(2)14-6-8-15(9-7-14)25-17(19-21-22-25)27-12-11-24-18(26)23-10-4-3-5-16(23)20-24/h3-10,13H,11-12H2,1-2H3. The van der Waals surface area contributed by atoms with Gasteiger partial charge < -0.3 is 0 Å². The van der Waals surface area contributed by atoms with Gasteiger partial charge >= 0.3 is 5.69 Å². The first-order chi connectivity index (χ1) is 13.1. The lowest BCUT2D eigenvalue weighted by Gasteiger charge is -2.07. The van der Waals surface area contributed by atoms with E-state index in [1.54, 1.807) is 10.9 Å². The van der Waals surface area contributed by atoms with Gasteiger partial charge in [0.1, 0.15) is 0 Å². The quantitative estimate of drug-likeness (QED) is 0.477. The molecule has 0 amide bonds. The maximum Gasteiger partial charge on any atom is 0.350 e. The molecule has 0 saturated heterocycles. The number of aryl methyl sites for hydroxylation is 1. The summed E-state index contributed by atoms with van der Waals surface area (Å²) in [6.45, 7) is 4.80. The predicted octanol–water partition coefficient (Wildman–Crippen LogP) is 2.39. The minimum Gasteiger partial charge on any atom is -0.250 e. The smallest absolute Gasteiger partial charge is 0.250 e. The van der Waals surface area contributed by atoms with Crippen LogP contribution in [0.3, 0.4) is 0 Å². The summed E-state index contributed by atoms with van der Waals surface area (Å²) in [7, 11) is 0. The molecular weight excluding hydrogens is 362 g/mol. The Bertz CT molecular complexity index is 1110. The molecule has 0 aliphatic rings. The van der Waals surface area contributed by atoms with Crippen LogP contribution in [0, 0.1) is 0 Å². The Morgan fingerprint density at radius 3 is 2.67 bits per heavy atom. The fourth-order valence-electron chi connectivity index (χ4n) is 2.77. The number of fused-ring (bicyclic) bond motifs is 1. The topological polar surface area (TPSA) is 82.9 Å². The number of benzene rings is 1. The van der Waals surface area contributed by atoms with E-state index in [1.165, 1.54) is 26.4 Å². The first-order valence-corrected chi connectivity index (χ1v) is 9.68. The van der Waals surface area contributed by atoms with E-state index in [0.29, 0.717) is 29.0 Å². The normalized spacial score (nSPS) is 11.5. The molecule has 0 aliphatic carbocycles. The Labute approximate surface area is 159 Å². The molecule has 8 nitrogen and oxygen atoms in total. The second kappa shape index (κ2) is 7.36. The van der Waals surface area contributed by atoms with Crippen LogP contribution in [0.15, 0.2) is 58.6 Å². The molecule has 0 spiro atoms. The van der Waals surface area contributed by atoms with Crippen LogP contribution in [0.2, 0.25) is 0 Å². The summed E-state index contributed by atoms with van der Waals surface area (Å²) in [5, 5.41) is 17.0. The first-order valence-electron chi connectivity index (χ1n) is 8.69. The second-order valence-electron chi connectivity index (χ2n) is 6.40. The SMILES string of the molecule is CC(C)c1ccc(-n2nnnc2SCCn2nc3ccccn3c2=O)cc1. The zero-order valence-corrected chi connectivity index (χ0v) is 15.9. The van der Waals surface area contributed by atoms with Gasteiger partial charge in [0.05, 0.1) is 12.2 Å². The zero-order chi connectivity index (χ0) is 18.8. The average Bonchev–Trinajstić information content (AvgIpc) is 3.27. The highest BCUT2D eigenvalue weighted by molar-refractivity contribution is 7.99. The third kappa shape index (κ3) is 3.50. The summed E-state index contributed by atoms with van der Waals surface area (Å²) in [6.07, 6.45) is 1.72. The Morgan fingerprint density at radius 2 is 1.93 bits per heavy atom. The predicted molar refractivity (Wildman–Crippen MR) is 103 cm³/mol. The number of hydrogen-bond donors (Lipinski definition) is 0. The number of nitrogens with zero attached hydrogens (tertiary/aromatic N) is 7. The molecule has 4 rings (SSSR count). The van der Waals surface area contributed by atoms with E-state index >= 15 is 0 Å². The molecule has 0 fully saturated rings. The van der Waals surface area contributed by atoms with E-state index in [-0.39, 0.29) is 5.69 Å². The van der Waals surface area contributed by atoms with Crippen LogP contribution in [-0.4, -0.2) is 40.1 Å². The van der Waals surface area contributed by atoms with Gasteiger partial charge in [-0.3, -0.25) is 4.40 Å². The second-order valence-corrected chi connectivity index (χ2v) is 7.46. The van der Waals surface area contributed by atoms with Gasteiger partial charge in [0.2, 0.25) is 5.16 Å². The molecule has 4 aromatic rings. The molecule has 138 valence electrons. The Hall–Kier alpha value is -2.94. The summed E-state index contributed by atoms with van der Waals surface area (Å²) < 4.78 is 4.71. The lowest BCUT2D eigenvalue weighted by molar-refractivity contribution is 0.638. The van der Waals surface area contributed by atoms with Gasteiger partial charge in [-0.05, 0) is 46.2 Å². The van der Waals surface area contributed by atoms with Crippen molar-refractivity contribution in [3.63, 3.8) is 0 Å². The minimum atomic E-state index is -0.143. The van der Waals surface area contributed by atoms with Gasteiger partial charge in [0.25, 0.3) is 0 Å². The van der Waals surface area contributed by atoms with Gasteiger partial charge in [-0.25, -0.2) is 9.48 Å². The highest BCUT2D eigenvalue weighted by Gasteiger charge is 2.11. The minimum absolute atomic E-state index is 0.143. The number of aromatic nitrogens is 7. The monoisotopic (exact) mass is 381 g/mol. The summed E-state index contributed by atoms with van der Waals surface area (Å²) >= 11 is 1.49. The third-order valence-corrected chi connectivity index (χ3v) is 5.17. The number of tetrazole rings is 1. The molecule has 27 heavy (non-hydrogen) atoms. The fraction of sp³-hybridized carbons (Fsp3) is 0.278. The molecule has 0 aliphatic heterocycles. The van der Waals surface area contributed by atoms with E-state index in [9.17, 15) is 4.79 Å². The van der Waals surface area contributed by atoms with Crippen molar-refractivity contribution in [3.05, 3.63) is 64.7 Å². The summed E-state index contributed by atoms with van der Waals surface area (Å²) in [6, 6.07) is 13.7. The number of rotatable bonds is 6.